The maximum Gasteiger partial charge on any atom is 0.390 e. The van der Waals surface area contributed by atoms with Crippen LogP contribution in [0.1, 0.15) is 52.5 Å². The number of aryl methyl sites for hydroxylation is 1. The number of carbonyl (C=O) groups excluding carboxylic acids is 1. The molecule has 1 aliphatic rings. The minimum atomic E-state index is -4.39. The summed E-state index contributed by atoms with van der Waals surface area (Å²) in [4.78, 5) is 16.9. The molecule has 0 bridgehead atoms. The number of amides is 1. The molecule has 1 atom stereocenters. The number of aliphatic hydroxyl groups excluding tert-OH is 1. The smallest absolute Gasteiger partial charge is 0.390 e. The van der Waals surface area contributed by atoms with Crippen molar-refractivity contribution < 1.29 is 32.6 Å². The van der Waals surface area contributed by atoms with Crippen molar-refractivity contribution in [3.05, 3.63) is 76.9 Å². The van der Waals surface area contributed by atoms with Crippen molar-refractivity contribution in [2.75, 3.05) is 11.9 Å². The summed E-state index contributed by atoms with van der Waals surface area (Å²) in [7, 11) is 0. The lowest BCUT2D eigenvalue weighted by molar-refractivity contribution is -0.131. The Bertz CT molecular complexity index is 1550. The number of hydrogen-bond acceptors (Lipinski definition) is 6. The molecule has 4 aromatic rings. The Morgan fingerprint density at radius 1 is 1.21 bits per heavy atom. The molecule has 2 aromatic carbocycles. The largest absolute Gasteiger partial charge is 0.505 e. The Hall–Kier alpha value is -4.19. The first kappa shape index (κ1) is 26.4. The fraction of sp³-hybridized carbons (Fsp3) is 0.296. The second-order valence-corrected chi connectivity index (χ2v) is 9.51. The van der Waals surface area contributed by atoms with Gasteiger partial charge in [0.25, 0.3) is 5.91 Å². The molecule has 12 heteroatoms. The normalized spacial score (nSPS) is 14.4. The zero-order valence-electron chi connectivity index (χ0n) is 20.8. The highest BCUT2D eigenvalue weighted by Crippen LogP contribution is 2.33. The molecule has 4 N–H and O–H groups in total. The first-order valence-electron chi connectivity index (χ1n) is 12.3. The number of imidazole rings is 1. The van der Waals surface area contributed by atoms with Crippen molar-refractivity contribution in [1.29, 1.82) is 0 Å². The lowest BCUT2D eigenvalue weighted by Gasteiger charge is -2.16. The predicted octanol–water partition coefficient (Wildman–Crippen LogP) is 4.89. The lowest BCUT2D eigenvalue weighted by Crippen LogP contribution is -2.26. The molecule has 1 aliphatic carbocycles. The van der Waals surface area contributed by atoms with E-state index in [1.807, 2.05) is 0 Å². The van der Waals surface area contributed by atoms with Crippen LogP contribution in [0.2, 0.25) is 0 Å². The van der Waals surface area contributed by atoms with Gasteiger partial charge in [0.05, 0.1) is 29.7 Å². The van der Waals surface area contributed by atoms with E-state index in [0.29, 0.717) is 22.4 Å². The number of benzene rings is 2. The number of phenolic OH excluding ortho intramolecular Hbond substituents is 1. The van der Waals surface area contributed by atoms with Gasteiger partial charge in [-0.15, -0.1) is 0 Å². The van der Waals surface area contributed by atoms with Gasteiger partial charge >= 0.3 is 6.18 Å². The third kappa shape index (κ3) is 5.65. The van der Waals surface area contributed by atoms with Gasteiger partial charge in [-0.3, -0.25) is 4.79 Å². The van der Waals surface area contributed by atoms with Crippen LogP contribution in [-0.4, -0.2) is 49.5 Å². The van der Waals surface area contributed by atoms with Crippen molar-refractivity contribution in [1.82, 2.24) is 19.9 Å². The van der Waals surface area contributed by atoms with Crippen LogP contribution < -0.4 is 10.6 Å². The number of aromatic nitrogens is 3. The number of hydrogen-bond donors (Lipinski definition) is 4. The predicted molar refractivity (Wildman–Crippen MR) is 135 cm³/mol. The molecule has 0 spiro atoms. The monoisotopic (exact) mass is 543 g/mol. The molecule has 39 heavy (non-hydrogen) atoms. The zero-order chi connectivity index (χ0) is 27.9. The Morgan fingerprint density at radius 2 is 1.97 bits per heavy atom. The Balaban J connectivity index is 1.56. The summed E-state index contributed by atoms with van der Waals surface area (Å²) in [6.45, 7) is 1.32. The van der Waals surface area contributed by atoms with Gasteiger partial charge in [0, 0.05) is 29.3 Å². The number of alkyl halides is 3. The van der Waals surface area contributed by atoms with E-state index in [9.17, 15) is 32.6 Å². The number of phenols is 1. The van der Waals surface area contributed by atoms with Crippen LogP contribution in [0.5, 0.6) is 5.75 Å². The summed E-state index contributed by atoms with van der Waals surface area (Å²) in [5.41, 5.74) is 2.41. The van der Waals surface area contributed by atoms with Crippen molar-refractivity contribution in [2.24, 2.45) is 0 Å². The van der Waals surface area contributed by atoms with Crippen LogP contribution in [0.4, 0.5) is 23.2 Å². The first-order chi connectivity index (χ1) is 18.5. The van der Waals surface area contributed by atoms with Crippen LogP contribution in [0.3, 0.4) is 0 Å². The van der Waals surface area contributed by atoms with Gasteiger partial charge in [-0.05, 0) is 49.6 Å². The lowest BCUT2D eigenvalue weighted by atomic mass is 10.0. The van der Waals surface area contributed by atoms with E-state index < -0.39 is 36.8 Å². The van der Waals surface area contributed by atoms with Crippen LogP contribution >= 0.6 is 0 Å². The Kier molecular flexibility index (Phi) is 6.89. The van der Waals surface area contributed by atoms with Crippen LogP contribution in [-0.2, 0) is 0 Å². The summed E-state index contributed by atoms with van der Waals surface area (Å²) < 4.78 is 53.7. The van der Waals surface area contributed by atoms with Crippen molar-refractivity contribution in [3.8, 4) is 17.0 Å². The molecule has 2 heterocycles. The molecule has 2 aromatic heterocycles. The molecule has 1 fully saturated rings. The molecule has 8 nitrogen and oxygen atoms in total. The standard InChI is InChI=1S/C27H25F4N5O3/c1-14-11-15(5-8-17(14)26(39)34-16-6-7-16)22-13-33-25-21(32-10-9-27(29,30)31)12-20(35-36(22)25)24(38)18-3-2-4-19(28)23(18)37/h2-5,8,11-13,16,24,32,37-38H,6-7,9-10H2,1H3,(H,34,39). The molecular weight excluding hydrogens is 518 g/mol. The summed E-state index contributed by atoms with van der Waals surface area (Å²) in [6.07, 6.45) is -3.71. The Labute approximate surface area is 220 Å². The molecule has 0 aliphatic heterocycles. The number of rotatable bonds is 8. The van der Waals surface area contributed by atoms with E-state index in [0.717, 1.165) is 18.9 Å². The zero-order valence-corrected chi connectivity index (χ0v) is 20.8. The highest BCUT2D eigenvalue weighted by molar-refractivity contribution is 5.96. The number of anilines is 1. The summed E-state index contributed by atoms with van der Waals surface area (Å²) in [5, 5.41) is 31.2. The van der Waals surface area contributed by atoms with Crippen LogP contribution in [0.25, 0.3) is 16.9 Å². The number of fused-ring (bicyclic) bond motifs is 1. The van der Waals surface area contributed by atoms with Crippen molar-refractivity contribution in [2.45, 2.75) is 44.5 Å². The molecule has 1 amide bonds. The number of halogens is 4. The second-order valence-electron chi connectivity index (χ2n) is 9.51. The maximum atomic E-state index is 14.0. The van der Waals surface area contributed by atoms with Gasteiger partial charge < -0.3 is 20.8 Å². The fourth-order valence-electron chi connectivity index (χ4n) is 4.27. The first-order valence-corrected chi connectivity index (χ1v) is 12.3. The average Bonchev–Trinajstić information content (AvgIpc) is 3.59. The van der Waals surface area contributed by atoms with E-state index in [2.05, 4.69) is 20.7 Å². The van der Waals surface area contributed by atoms with E-state index >= 15 is 0 Å². The van der Waals surface area contributed by atoms with E-state index in [4.69, 9.17) is 0 Å². The molecular formula is C27H25F4N5O3. The number of nitrogens with one attached hydrogen (secondary N) is 2. The van der Waals surface area contributed by atoms with Gasteiger partial charge in [-0.1, -0.05) is 18.2 Å². The third-order valence-electron chi connectivity index (χ3n) is 6.48. The van der Waals surface area contributed by atoms with E-state index in [1.54, 1.807) is 25.1 Å². The van der Waals surface area contributed by atoms with Gasteiger partial charge in [0.2, 0.25) is 0 Å². The van der Waals surface area contributed by atoms with Gasteiger partial charge in [0.1, 0.15) is 6.10 Å². The molecule has 5 rings (SSSR count). The highest BCUT2D eigenvalue weighted by Gasteiger charge is 2.28. The third-order valence-corrected chi connectivity index (χ3v) is 6.48. The van der Waals surface area contributed by atoms with Crippen LogP contribution in [0.15, 0.2) is 48.7 Å². The van der Waals surface area contributed by atoms with E-state index in [-0.39, 0.29) is 34.5 Å². The second kappa shape index (κ2) is 10.2. The summed E-state index contributed by atoms with van der Waals surface area (Å²) in [5.74, 6) is -1.88. The van der Waals surface area contributed by atoms with Gasteiger partial charge in [0.15, 0.2) is 17.2 Å². The minimum absolute atomic E-state index is 0.0608. The van der Waals surface area contributed by atoms with Gasteiger partial charge in [-0.2, -0.15) is 18.3 Å². The van der Waals surface area contributed by atoms with Crippen molar-refractivity contribution >= 4 is 17.2 Å². The van der Waals surface area contributed by atoms with Gasteiger partial charge in [-0.25, -0.2) is 13.9 Å². The number of para-hydroxylation sites is 1. The number of aromatic hydroxyl groups is 1. The molecule has 1 unspecified atom stereocenters. The molecule has 1 saturated carbocycles. The van der Waals surface area contributed by atoms with Crippen LogP contribution in [0, 0.1) is 12.7 Å². The summed E-state index contributed by atoms with van der Waals surface area (Å²) >= 11 is 0. The minimum Gasteiger partial charge on any atom is -0.505 e. The summed E-state index contributed by atoms with van der Waals surface area (Å²) in [6, 6.07) is 10.3. The molecule has 0 saturated heterocycles. The van der Waals surface area contributed by atoms with E-state index in [1.165, 1.54) is 28.9 Å². The van der Waals surface area contributed by atoms with Crippen molar-refractivity contribution in [3.63, 3.8) is 0 Å². The topological polar surface area (TPSA) is 112 Å². The molecule has 0 radical (unpaired) electrons. The average molecular weight is 544 g/mol. The number of carbonyl (C=O) groups is 1. The molecule has 204 valence electrons. The Morgan fingerprint density at radius 3 is 2.67 bits per heavy atom. The fourth-order valence-corrected chi connectivity index (χ4v) is 4.27. The SMILES string of the molecule is Cc1cc(-c2cnc3c(NCCC(F)(F)F)cc(C(O)c4cccc(F)c4O)nn23)ccc1C(=O)NC1CC1. The number of nitrogens with zero attached hydrogens (tertiary/aromatic N) is 3. The maximum absolute atomic E-state index is 14.0. The quantitative estimate of drug-likeness (QED) is 0.236. The number of aliphatic hydroxyl groups is 1. The highest BCUT2D eigenvalue weighted by atomic mass is 19.4.